The van der Waals surface area contributed by atoms with Gasteiger partial charge >= 0.3 is 5.97 Å². The Morgan fingerprint density at radius 1 is 1.45 bits per heavy atom. The number of hydrazine groups is 1. The third-order valence-electron chi connectivity index (χ3n) is 4.70. The number of hydrogen-bond acceptors (Lipinski definition) is 8. The van der Waals surface area contributed by atoms with Crippen molar-refractivity contribution in [1.29, 1.82) is 0 Å². The van der Waals surface area contributed by atoms with Gasteiger partial charge in [0.25, 0.3) is 11.5 Å². The Morgan fingerprint density at radius 2 is 2.21 bits per heavy atom. The summed E-state index contributed by atoms with van der Waals surface area (Å²) in [5, 5.41) is 9.13. The van der Waals surface area contributed by atoms with Crippen molar-refractivity contribution < 1.29 is 19.4 Å². The van der Waals surface area contributed by atoms with Crippen LogP contribution in [0.2, 0.25) is 0 Å². The van der Waals surface area contributed by atoms with Gasteiger partial charge in [-0.2, -0.15) is 0 Å². The minimum absolute atomic E-state index is 0.0168. The van der Waals surface area contributed by atoms with Gasteiger partial charge in [0, 0.05) is 18.7 Å². The van der Waals surface area contributed by atoms with Gasteiger partial charge in [-0.1, -0.05) is 0 Å². The number of aromatic amines is 1. The minimum Gasteiger partial charge on any atom is -0.493 e. The summed E-state index contributed by atoms with van der Waals surface area (Å²) in [6.07, 6.45) is 0.420. The zero-order valence-corrected chi connectivity index (χ0v) is 15.8. The third-order valence-corrected chi connectivity index (χ3v) is 4.70. The van der Waals surface area contributed by atoms with Gasteiger partial charge < -0.3 is 30.9 Å². The first-order valence-corrected chi connectivity index (χ1v) is 9.01. The Hall–Kier alpha value is -3.60. The fourth-order valence-electron chi connectivity index (χ4n) is 3.17. The Morgan fingerprint density at radius 3 is 2.83 bits per heavy atom. The highest BCUT2D eigenvalue weighted by Gasteiger charge is 2.31. The number of nitrogens with one attached hydrogen (secondary N) is 2. The normalized spacial score (nSPS) is 15.9. The SMILES string of the molecule is CCOc1cc(C(=O)N2CCC(C(=O)O)C2)ccc1-c1nc(NN)c(N)c(=O)[nH]1. The highest BCUT2D eigenvalue weighted by atomic mass is 16.5. The Labute approximate surface area is 165 Å². The van der Waals surface area contributed by atoms with E-state index in [4.69, 9.17) is 21.4 Å². The van der Waals surface area contributed by atoms with E-state index in [0.717, 1.165) is 0 Å². The van der Waals surface area contributed by atoms with Crippen LogP contribution in [0.25, 0.3) is 11.4 Å². The molecule has 0 saturated carbocycles. The van der Waals surface area contributed by atoms with E-state index in [2.05, 4.69) is 15.4 Å². The number of ether oxygens (including phenoxy) is 1. The summed E-state index contributed by atoms with van der Waals surface area (Å²) in [5.41, 5.74) is 7.98. The molecule has 11 nitrogen and oxygen atoms in total. The number of carbonyl (C=O) groups is 2. The molecule has 1 aromatic carbocycles. The van der Waals surface area contributed by atoms with Crippen LogP contribution in [0.1, 0.15) is 23.7 Å². The molecule has 7 N–H and O–H groups in total. The van der Waals surface area contributed by atoms with E-state index in [1.807, 2.05) is 0 Å². The predicted octanol–water partition coefficient (Wildman–Crippen LogP) is 0.250. The lowest BCUT2D eigenvalue weighted by Crippen LogP contribution is -2.30. The van der Waals surface area contributed by atoms with Crippen LogP contribution in [0.5, 0.6) is 5.75 Å². The number of nitrogen functional groups attached to an aromatic ring is 2. The minimum atomic E-state index is -0.909. The molecular formula is C18H22N6O5. The Kier molecular flexibility index (Phi) is 5.69. The first kappa shape index (κ1) is 20.1. The number of amides is 1. The van der Waals surface area contributed by atoms with Gasteiger partial charge in [-0.15, -0.1) is 0 Å². The zero-order valence-electron chi connectivity index (χ0n) is 15.8. The van der Waals surface area contributed by atoms with Crippen LogP contribution in [-0.4, -0.2) is 51.5 Å². The van der Waals surface area contributed by atoms with Gasteiger partial charge in [0.15, 0.2) is 5.82 Å². The molecule has 1 aromatic heterocycles. The van der Waals surface area contributed by atoms with Crippen molar-refractivity contribution in [2.75, 3.05) is 30.9 Å². The summed E-state index contributed by atoms with van der Waals surface area (Å²) in [4.78, 5) is 44.2. The van der Waals surface area contributed by atoms with Crippen molar-refractivity contribution in [1.82, 2.24) is 14.9 Å². The number of rotatable bonds is 6. The number of likely N-dealkylation sites (tertiary alicyclic amines) is 1. The molecule has 1 saturated heterocycles. The third kappa shape index (κ3) is 3.99. The van der Waals surface area contributed by atoms with Crippen LogP contribution in [0.3, 0.4) is 0 Å². The second-order valence-corrected chi connectivity index (χ2v) is 6.54. The van der Waals surface area contributed by atoms with E-state index in [1.54, 1.807) is 25.1 Å². The summed E-state index contributed by atoms with van der Waals surface area (Å²) in [7, 11) is 0. The van der Waals surface area contributed by atoms with Crippen molar-refractivity contribution >= 4 is 23.4 Å². The molecule has 1 aliphatic heterocycles. The lowest BCUT2D eigenvalue weighted by molar-refractivity contribution is -0.141. The molecule has 2 heterocycles. The van der Waals surface area contributed by atoms with Crippen molar-refractivity contribution in [3.63, 3.8) is 0 Å². The molecule has 1 atom stereocenters. The van der Waals surface area contributed by atoms with Crippen molar-refractivity contribution in [3.05, 3.63) is 34.1 Å². The smallest absolute Gasteiger partial charge is 0.308 e. The Balaban J connectivity index is 1.96. The van der Waals surface area contributed by atoms with Gasteiger partial charge in [0.2, 0.25) is 0 Å². The summed E-state index contributed by atoms with van der Waals surface area (Å²) < 4.78 is 5.64. The molecule has 2 aromatic rings. The molecule has 0 bridgehead atoms. The summed E-state index contributed by atoms with van der Waals surface area (Å²) >= 11 is 0. The average Bonchev–Trinajstić information content (AvgIpc) is 3.20. The summed E-state index contributed by atoms with van der Waals surface area (Å²) in [5.74, 6) is 4.13. The highest BCUT2D eigenvalue weighted by molar-refractivity contribution is 5.96. The standard InChI is InChI=1S/C18H22N6O5/c1-2-29-12-7-9(17(26)24-6-5-10(8-24)18(27)28)3-4-11(12)14-21-15(23-20)13(19)16(25)22-14/h3-4,7,10H,2,5-6,8,19-20H2,1H3,(H,27,28)(H2,21,22,23,25). The summed E-state index contributed by atoms with van der Waals surface area (Å²) in [6, 6.07) is 4.71. The zero-order chi connectivity index (χ0) is 21.1. The molecule has 1 aliphatic rings. The molecule has 1 amide bonds. The van der Waals surface area contributed by atoms with Crippen molar-refractivity contribution in [2.45, 2.75) is 13.3 Å². The van der Waals surface area contributed by atoms with E-state index in [9.17, 15) is 14.4 Å². The lowest BCUT2D eigenvalue weighted by atomic mass is 10.1. The average molecular weight is 402 g/mol. The van der Waals surface area contributed by atoms with Crippen molar-refractivity contribution in [2.24, 2.45) is 11.8 Å². The fourth-order valence-corrected chi connectivity index (χ4v) is 3.17. The number of nitrogens with zero attached hydrogens (tertiary/aromatic N) is 2. The molecule has 154 valence electrons. The van der Waals surface area contributed by atoms with Crippen molar-refractivity contribution in [3.8, 4) is 17.1 Å². The number of nitrogens with two attached hydrogens (primary N) is 2. The first-order chi connectivity index (χ1) is 13.8. The predicted molar refractivity (Wildman–Crippen MR) is 105 cm³/mol. The molecule has 0 spiro atoms. The van der Waals surface area contributed by atoms with Gasteiger partial charge in [-0.3, -0.25) is 14.4 Å². The number of aromatic nitrogens is 2. The first-order valence-electron chi connectivity index (χ1n) is 9.01. The topological polar surface area (TPSA) is 177 Å². The molecule has 29 heavy (non-hydrogen) atoms. The van der Waals surface area contributed by atoms with Gasteiger partial charge in [-0.25, -0.2) is 10.8 Å². The Bertz CT molecular complexity index is 1000. The monoisotopic (exact) mass is 402 g/mol. The number of carbonyl (C=O) groups excluding carboxylic acids is 1. The van der Waals surface area contributed by atoms with Crippen LogP contribution in [0, 0.1) is 5.92 Å². The maximum atomic E-state index is 12.8. The number of H-pyrrole nitrogens is 1. The number of hydrogen-bond donors (Lipinski definition) is 5. The van der Waals surface area contributed by atoms with Crippen LogP contribution in [-0.2, 0) is 4.79 Å². The number of aliphatic carboxylic acids is 1. The van der Waals surface area contributed by atoms with Crippen LogP contribution < -0.4 is 27.3 Å². The second-order valence-electron chi connectivity index (χ2n) is 6.54. The maximum Gasteiger partial charge on any atom is 0.308 e. The number of carboxylic acids is 1. The van der Waals surface area contributed by atoms with Crippen LogP contribution >= 0.6 is 0 Å². The maximum absolute atomic E-state index is 12.8. The van der Waals surface area contributed by atoms with Gasteiger partial charge in [0.05, 0.1) is 18.1 Å². The number of benzene rings is 1. The molecular weight excluding hydrogens is 380 g/mol. The molecule has 0 radical (unpaired) electrons. The number of anilines is 2. The van der Waals surface area contributed by atoms with E-state index in [-0.39, 0.29) is 29.8 Å². The highest BCUT2D eigenvalue weighted by Crippen LogP contribution is 2.30. The lowest BCUT2D eigenvalue weighted by Gasteiger charge is -2.17. The van der Waals surface area contributed by atoms with E-state index >= 15 is 0 Å². The van der Waals surface area contributed by atoms with E-state index < -0.39 is 17.4 Å². The molecule has 1 unspecified atom stereocenters. The van der Waals surface area contributed by atoms with E-state index in [0.29, 0.717) is 36.4 Å². The quantitative estimate of drug-likeness (QED) is 0.335. The molecule has 11 heteroatoms. The largest absolute Gasteiger partial charge is 0.493 e. The fraction of sp³-hybridized carbons (Fsp3) is 0.333. The van der Waals surface area contributed by atoms with Crippen LogP contribution in [0.4, 0.5) is 11.5 Å². The number of carboxylic acid groups (broad SMARTS) is 1. The summed E-state index contributed by atoms with van der Waals surface area (Å²) in [6.45, 7) is 2.64. The molecule has 1 fully saturated rings. The van der Waals surface area contributed by atoms with Gasteiger partial charge in [0.1, 0.15) is 17.3 Å². The second kappa shape index (κ2) is 8.19. The molecule has 3 rings (SSSR count). The molecule has 0 aliphatic carbocycles. The van der Waals surface area contributed by atoms with Gasteiger partial charge in [-0.05, 0) is 31.5 Å². The van der Waals surface area contributed by atoms with Crippen LogP contribution in [0.15, 0.2) is 23.0 Å². The van der Waals surface area contributed by atoms with E-state index in [1.165, 1.54) is 4.90 Å².